The molecule has 3 heterocycles. The summed E-state index contributed by atoms with van der Waals surface area (Å²) in [6.07, 6.45) is 1.57. The molecule has 1 fully saturated rings. The molecule has 2 N–H and O–H groups in total. The lowest BCUT2D eigenvalue weighted by Crippen LogP contribution is -2.33. The summed E-state index contributed by atoms with van der Waals surface area (Å²) in [4.78, 5) is 31.0. The maximum atomic E-state index is 12.4. The zero-order valence-electron chi connectivity index (χ0n) is 14.8. The maximum Gasteiger partial charge on any atom is 0.229 e. The standard InChI is InChI=1S/C17H19N7O2S/c1-10-4-5-12-13(7-10)27-17(19-12)24-9-11(8-15(24)25)16(26)18-6-2-3-14-20-22-23-21-14/h4-5,7,11H,2-3,6,8-9H2,1H3,(H,18,26)(H,20,21,22,23). The Balaban J connectivity index is 1.34. The predicted octanol–water partition coefficient (Wildman–Crippen LogP) is 1.22. The Kier molecular flexibility index (Phi) is 4.80. The SMILES string of the molecule is Cc1ccc2nc(N3CC(C(=O)NCCCc4nn[nH]n4)CC3=O)sc2c1. The Bertz CT molecular complexity index is 969. The van der Waals surface area contributed by atoms with E-state index in [2.05, 4.69) is 37.0 Å². The van der Waals surface area contributed by atoms with Gasteiger partial charge in [0.05, 0.1) is 16.1 Å². The van der Waals surface area contributed by atoms with Gasteiger partial charge in [0.25, 0.3) is 0 Å². The number of benzene rings is 1. The number of carbonyl (C=O) groups is 2. The lowest BCUT2D eigenvalue weighted by molar-refractivity contribution is -0.126. The molecule has 140 valence electrons. The second kappa shape index (κ2) is 7.39. The van der Waals surface area contributed by atoms with Gasteiger partial charge in [0.2, 0.25) is 11.8 Å². The number of nitrogens with one attached hydrogen (secondary N) is 2. The number of thiazole rings is 1. The number of aryl methyl sites for hydroxylation is 2. The van der Waals surface area contributed by atoms with Crippen LogP contribution in [-0.4, -0.2) is 50.5 Å². The molecule has 1 unspecified atom stereocenters. The van der Waals surface area contributed by atoms with Crippen molar-refractivity contribution in [2.75, 3.05) is 18.0 Å². The van der Waals surface area contributed by atoms with Crippen LogP contribution in [0.4, 0.5) is 5.13 Å². The van der Waals surface area contributed by atoms with Crippen molar-refractivity contribution in [2.24, 2.45) is 5.92 Å². The van der Waals surface area contributed by atoms with Gasteiger partial charge in [-0.3, -0.25) is 14.5 Å². The number of hydrogen-bond acceptors (Lipinski definition) is 7. The Labute approximate surface area is 159 Å². The van der Waals surface area contributed by atoms with Crippen LogP contribution in [0.3, 0.4) is 0 Å². The van der Waals surface area contributed by atoms with E-state index >= 15 is 0 Å². The maximum absolute atomic E-state index is 12.4. The summed E-state index contributed by atoms with van der Waals surface area (Å²) in [6, 6.07) is 6.02. The normalized spacial score (nSPS) is 17.0. The number of tetrazole rings is 1. The highest BCUT2D eigenvalue weighted by Crippen LogP contribution is 2.33. The van der Waals surface area contributed by atoms with Crippen molar-refractivity contribution in [2.45, 2.75) is 26.2 Å². The van der Waals surface area contributed by atoms with E-state index in [1.807, 2.05) is 19.1 Å². The van der Waals surface area contributed by atoms with Crippen LogP contribution in [0.1, 0.15) is 24.2 Å². The highest BCUT2D eigenvalue weighted by molar-refractivity contribution is 7.22. The molecule has 1 aromatic carbocycles. The molecule has 27 heavy (non-hydrogen) atoms. The molecule has 0 radical (unpaired) electrons. The van der Waals surface area contributed by atoms with Crippen LogP contribution >= 0.6 is 11.3 Å². The Morgan fingerprint density at radius 2 is 2.33 bits per heavy atom. The van der Waals surface area contributed by atoms with Crippen molar-refractivity contribution < 1.29 is 9.59 Å². The number of hydrogen-bond donors (Lipinski definition) is 2. The third-order valence-electron chi connectivity index (χ3n) is 4.52. The molecule has 3 aromatic rings. The van der Waals surface area contributed by atoms with Gasteiger partial charge in [0.15, 0.2) is 11.0 Å². The molecule has 1 saturated heterocycles. The summed E-state index contributed by atoms with van der Waals surface area (Å²) < 4.78 is 1.05. The van der Waals surface area contributed by atoms with Crippen LogP contribution < -0.4 is 10.2 Å². The molecular formula is C17H19N7O2S. The minimum absolute atomic E-state index is 0.0577. The first-order valence-corrected chi connectivity index (χ1v) is 9.59. The smallest absolute Gasteiger partial charge is 0.229 e. The summed E-state index contributed by atoms with van der Waals surface area (Å²) in [5.74, 6) is 0.114. The monoisotopic (exact) mass is 385 g/mol. The van der Waals surface area contributed by atoms with E-state index in [1.54, 1.807) is 4.90 Å². The van der Waals surface area contributed by atoms with Crippen LogP contribution in [-0.2, 0) is 16.0 Å². The molecule has 1 aliphatic heterocycles. The van der Waals surface area contributed by atoms with E-state index in [0.717, 1.165) is 15.8 Å². The Morgan fingerprint density at radius 1 is 1.44 bits per heavy atom. The first-order chi connectivity index (χ1) is 13.1. The van der Waals surface area contributed by atoms with Crippen molar-refractivity contribution in [1.29, 1.82) is 0 Å². The molecular weight excluding hydrogens is 366 g/mol. The first-order valence-electron chi connectivity index (χ1n) is 8.78. The highest BCUT2D eigenvalue weighted by atomic mass is 32.1. The van der Waals surface area contributed by atoms with Crippen LogP contribution in [0, 0.1) is 12.8 Å². The minimum atomic E-state index is -0.351. The molecule has 2 amide bonds. The van der Waals surface area contributed by atoms with Gasteiger partial charge < -0.3 is 5.32 Å². The van der Waals surface area contributed by atoms with Gasteiger partial charge in [-0.1, -0.05) is 22.6 Å². The molecule has 10 heteroatoms. The predicted molar refractivity (Wildman–Crippen MR) is 100 cm³/mol. The molecule has 2 aromatic heterocycles. The quantitative estimate of drug-likeness (QED) is 0.616. The number of anilines is 1. The second-order valence-electron chi connectivity index (χ2n) is 6.60. The first kappa shape index (κ1) is 17.5. The molecule has 0 bridgehead atoms. The molecule has 9 nitrogen and oxygen atoms in total. The van der Waals surface area contributed by atoms with Crippen molar-refractivity contribution in [1.82, 2.24) is 30.9 Å². The van der Waals surface area contributed by atoms with Crippen molar-refractivity contribution in [3.05, 3.63) is 29.6 Å². The van der Waals surface area contributed by atoms with Crippen LogP contribution in [0.2, 0.25) is 0 Å². The zero-order chi connectivity index (χ0) is 18.8. The molecule has 4 rings (SSSR count). The number of carbonyl (C=O) groups excluding carboxylic acids is 2. The largest absolute Gasteiger partial charge is 0.356 e. The van der Waals surface area contributed by atoms with Crippen LogP contribution in [0.15, 0.2) is 18.2 Å². The Hall–Kier alpha value is -2.88. The summed E-state index contributed by atoms with van der Waals surface area (Å²) in [5.41, 5.74) is 2.03. The van der Waals surface area contributed by atoms with Gasteiger partial charge in [0.1, 0.15) is 0 Å². The van der Waals surface area contributed by atoms with E-state index in [4.69, 9.17) is 0 Å². The topological polar surface area (TPSA) is 117 Å². The van der Waals surface area contributed by atoms with Gasteiger partial charge >= 0.3 is 0 Å². The third-order valence-corrected chi connectivity index (χ3v) is 5.57. The summed E-state index contributed by atoms with van der Waals surface area (Å²) in [5, 5.41) is 17.2. The van der Waals surface area contributed by atoms with Crippen molar-refractivity contribution in [3.63, 3.8) is 0 Å². The van der Waals surface area contributed by atoms with Gasteiger partial charge in [-0.2, -0.15) is 5.21 Å². The molecule has 0 aliphatic carbocycles. The van der Waals surface area contributed by atoms with E-state index in [1.165, 1.54) is 11.3 Å². The number of rotatable bonds is 6. The molecule has 1 aliphatic rings. The van der Waals surface area contributed by atoms with Crippen LogP contribution in [0.25, 0.3) is 10.2 Å². The lowest BCUT2D eigenvalue weighted by Gasteiger charge is -2.13. The minimum Gasteiger partial charge on any atom is -0.356 e. The number of nitrogens with zero attached hydrogens (tertiary/aromatic N) is 5. The second-order valence-corrected chi connectivity index (χ2v) is 7.60. The number of aromatic nitrogens is 5. The van der Waals surface area contributed by atoms with Gasteiger partial charge in [-0.15, -0.1) is 10.2 Å². The van der Waals surface area contributed by atoms with E-state index in [0.29, 0.717) is 36.9 Å². The van der Waals surface area contributed by atoms with E-state index in [-0.39, 0.29) is 24.2 Å². The fourth-order valence-electron chi connectivity index (χ4n) is 3.09. The molecule has 0 saturated carbocycles. The number of amides is 2. The summed E-state index contributed by atoms with van der Waals surface area (Å²) in [6.45, 7) is 2.91. The average molecular weight is 385 g/mol. The lowest BCUT2D eigenvalue weighted by atomic mass is 10.1. The van der Waals surface area contributed by atoms with Gasteiger partial charge in [-0.05, 0) is 31.0 Å². The van der Waals surface area contributed by atoms with E-state index < -0.39 is 0 Å². The summed E-state index contributed by atoms with van der Waals surface area (Å²) in [7, 11) is 0. The fourth-order valence-corrected chi connectivity index (χ4v) is 4.18. The van der Waals surface area contributed by atoms with E-state index in [9.17, 15) is 9.59 Å². The average Bonchev–Trinajstić information content (AvgIpc) is 3.37. The zero-order valence-corrected chi connectivity index (χ0v) is 15.6. The number of H-pyrrole nitrogens is 1. The highest BCUT2D eigenvalue weighted by Gasteiger charge is 2.36. The van der Waals surface area contributed by atoms with Gasteiger partial charge in [0, 0.05) is 25.9 Å². The number of fused-ring (bicyclic) bond motifs is 1. The molecule has 0 spiro atoms. The van der Waals surface area contributed by atoms with Crippen molar-refractivity contribution >= 4 is 38.5 Å². The van der Waals surface area contributed by atoms with Crippen LogP contribution in [0.5, 0.6) is 0 Å². The molecule has 1 atom stereocenters. The fraction of sp³-hybridized carbons (Fsp3) is 0.412. The third kappa shape index (κ3) is 3.80. The van der Waals surface area contributed by atoms with Gasteiger partial charge in [-0.25, -0.2) is 4.98 Å². The number of aromatic amines is 1. The van der Waals surface area contributed by atoms with Crippen molar-refractivity contribution in [3.8, 4) is 0 Å². The Morgan fingerprint density at radius 3 is 3.15 bits per heavy atom. The summed E-state index contributed by atoms with van der Waals surface area (Å²) >= 11 is 1.49.